The minimum Gasteiger partial charge on any atom is -0.389 e. The molecular formula is C26H38N2. The van der Waals surface area contributed by atoms with Gasteiger partial charge in [0.15, 0.2) is 0 Å². The van der Waals surface area contributed by atoms with Gasteiger partial charge < -0.3 is 9.88 Å². The van der Waals surface area contributed by atoms with Crippen molar-refractivity contribution in [1.82, 2.24) is 9.88 Å². The first-order valence-electron chi connectivity index (χ1n) is 10.6. The van der Waals surface area contributed by atoms with E-state index in [-0.39, 0.29) is 5.41 Å². The first-order chi connectivity index (χ1) is 13.2. The molecule has 0 radical (unpaired) electrons. The van der Waals surface area contributed by atoms with Gasteiger partial charge in [-0.05, 0) is 53.5 Å². The molecule has 1 N–H and O–H groups in total. The van der Waals surface area contributed by atoms with Crippen LogP contribution in [0.4, 0.5) is 0 Å². The van der Waals surface area contributed by atoms with Crippen molar-refractivity contribution in [3.63, 3.8) is 0 Å². The fourth-order valence-corrected chi connectivity index (χ4v) is 3.66. The summed E-state index contributed by atoms with van der Waals surface area (Å²) < 4.78 is 2.39. The fourth-order valence-electron chi connectivity index (χ4n) is 3.66. The van der Waals surface area contributed by atoms with Crippen LogP contribution in [0.15, 0.2) is 54.3 Å². The molecule has 2 aromatic rings. The van der Waals surface area contributed by atoms with E-state index >= 15 is 0 Å². The molecule has 28 heavy (non-hydrogen) atoms. The van der Waals surface area contributed by atoms with Gasteiger partial charge in [-0.1, -0.05) is 71.9 Å². The van der Waals surface area contributed by atoms with Gasteiger partial charge in [-0.3, -0.25) is 0 Å². The number of likely N-dealkylation sites (N-methyl/N-ethyl adjacent to an activating group) is 1. The largest absolute Gasteiger partial charge is 0.389 e. The number of hydrogen-bond acceptors (Lipinski definition) is 1. The summed E-state index contributed by atoms with van der Waals surface area (Å²) in [6, 6.07) is 9.03. The van der Waals surface area contributed by atoms with Crippen LogP contribution in [0.5, 0.6) is 0 Å². The van der Waals surface area contributed by atoms with Crippen molar-refractivity contribution in [3.05, 3.63) is 65.5 Å². The average Bonchev–Trinajstić information content (AvgIpc) is 2.99. The van der Waals surface area contributed by atoms with E-state index in [0.717, 1.165) is 18.5 Å². The van der Waals surface area contributed by atoms with Crippen molar-refractivity contribution in [3.8, 4) is 0 Å². The van der Waals surface area contributed by atoms with E-state index in [2.05, 4.69) is 94.5 Å². The van der Waals surface area contributed by atoms with E-state index in [1.54, 1.807) is 0 Å². The van der Waals surface area contributed by atoms with E-state index in [1.165, 1.54) is 46.1 Å². The van der Waals surface area contributed by atoms with Gasteiger partial charge in [-0.15, -0.1) is 0 Å². The summed E-state index contributed by atoms with van der Waals surface area (Å²) in [5, 5.41) is 4.50. The Balaban J connectivity index is 2.68. The predicted octanol–water partition coefficient (Wildman–Crippen LogP) is 7.02. The minimum absolute atomic E-state index is 0.0520. The normalized spacial score (nSPS) is 13.2. The van der Waals surface area contributed by atoms with Crippen LogP contribution < -0.4 is 5.32 Å². The van der Waals surface area contributed by atoms with Gasteiger partial charge in [-0.2, -0.15) is 0 Å². The molecule has 1 heterocycles. The summed E-state index contributed by atoms with van der Waals surface area (Å²) in [6.45, 7) is 15.4. The number of aryl methyl sites for hydroxylation is 2. The quantitative estimate of drug-likeness (QED) is 0.488. The van der Waals surface area contributed by atoms with Crippen molar-refractivity contribution >= 4 is 16.5 Å². The summed E-state index contributed by atoms with van der Waals surface area (Å²) in [5.74, 6) is 0. The molecule has 0 aliphatic carbocycles. The molecule has 1 aromatic heterocycles. The molecule has 0 unspecified atom stereocenters. The van der Waals surface area contributed by atoms with Crippen LogP contribution in [0.1, 0.15) is 65.1 Å². The molecular weight excluding hydrogens is 340 g/mol. The Labute approximate surface area is 172 Å². The zero-order chi connectivity index (χ0) is 20.9. The molecule has 0 saturated carbocycles. The Morgan fingerprint density at radius 1 is 1.18 bits per heavy atom. The third-order valence-electron chi connectivity index (χ3n) is 5.50. The second kappa shape index (κ2) is 9.32. The van der Waals surface area contributed by atoms with Crippen LogP contribution in [0.25, 0.3) is 16.5 Å². The fraction of sp³-hybridized carbons (Fsp3) is 0.462. The third-order valence-corrected chi connectivity index (χ3v) is 5.50. The maximum atomic E-state index is 4.12. The van der Waals surface area contributed by atoms with Crippen LogP contribution in [0.2, 0.25) is 0 Å². The van der Waals surface area contributed by atoms with Crippen LogP contribution in [-0.2, 0) is 13.5 Å². The summed E-state index contributed by atoms with van der Waals surface area (Å²) in [6.07, 6.45) is 9.11. The number of para-hydroxylation sites is 1. The number of aromatic nitrogens is 1. The highest BCUT2D eigenvalue weighted by atomic mass is 14.9. The van der Waals surface area contributed by atoms with Crippen molar-refractivity contribution in [2.24, 2.45) is 12.5 Å². The minimum atomic E-state index is 0.0520. The molecule has 0 spiro atoms. The number of nitrogens with zero attached hydrogens (tertiary/aromatic N) is 1. The third kappa shape index (κ3) is 4.98. The molecule has 0 saturated heterocycles. The number of allylic oxidation sites excluding steroid dienone is 4. The van der Waals surface area contributed by atoms with Crippen molar-refractivity contribution < 1.29 is 0 Å². The molecule has 1 aromatic carbocycles. The first kappa shape index (κ1) is 22.1. The number of benzene rings is 1. The summed E-state index contributed by atoms with van der Waals surface area (Å²) >= 11 is 0. The molecule has 152 valence electrons. The highest BCUT2D eigenvalue weighted by molar-refractivity contribution is 5.88. The van der Waals surface area contributed by atoms with Gasteiger partial charge in [0.25, 0.3) is 0 Å². The lowest BCUT2D eigenvalue weighted by atomic mass is 9.83. The summed E-state index contributed by atoms with van der Waals surface area (Å²) in [7, 11) is 4.14. The van der Waals surface area contributed by atoms with Gasteiger partial charge in [0.2, 0.25) is 0 Å². The van der Waals surface area contributed by atoms with Crippen molar-refractivity contribution in [2.45, 2.75) is 60.3 Å². The zero-order valence-electron chi connectivity index (χ0n) is 18.9. The number of fused-ring (bicyclic) bond motifs is 1. The standard InChI is InChI=1S/C26H38N2/c1-9-11-13-21(17-23(26(4,5)6)16-19(3)27-7)24-18-22-15-12-14-20(10-2)25(22)28(24)8/h12,14-18,27H,3,9-11,13H2,1-2,4-8H3/b21-17+,23-16+. The van der Waals surface area contributed by atoms with E-state index in [4.69, 9.17) is 0 Å². The van der Waals surface area contributed by atoms with Gasteiger partial charge in [0, 0.05) is 30.9 Å². The lowest BCUT2D eigenvalue weighted by Crippen LogP contribution is -2.11. The van der Waals surface area contributed by atoms with E-state index in [1.807, 2.05) is 7.05 Å². The highest BCUT2D eigenvalue weighted by Gasteiger charge is 2.18. The molecule has 0 fully saturated rings. The topological polar surface area (TPSA) is 17.0 Å². The number of rotatable bonds is 8. The van der Waals surface area contributed by atoms with Gasteiger partial charge >= 0.3 is 0 Å². The van der Waals surface area contributed by atoms with Gasteiger partial charge in [-0.25, -0.2) is 0 Å². The van der Waals surface area contributed by atoms with Gasteiger partial charge in [0.1, 0.15) is 0 Å². The zero-order valence-corrected chi connectivity index (χ0v) is 18.9. The lowest BCUT2D eigenvalue weighted by molar-refractivity contribution is 0.516. The molecule has 0 bridgehead atoms. The molecule has 0 atom stereocenters. The number of unbranched alkanes of at least 4 members (excludes halogenated alkanes) is 1. The Hall–Kier alpha value is -2.22. The Kier molecular flexibility index (Phi) is 7.35. The second-order valence-corrected chi connectivity index (χ2v) is 8.70. The molecule has 0 amide bonds. The molecule has 0 aliphatic rings. The summed E-state index contributed by atoms with van der Waals surface area (Å²) in [4.78, 5) is 0. The Morgan fingerprint density at radius 3 is 2.46 bits per heavy atom. The van der Waals surface area contributed by atoms with Crippen molar-refractivity contribution in [1.29, 1.82) is 0 Å². The van der Waals surface area contributed by atoms with Crippen LogP contribution in [0, 0.1) is 5.41 Å². The molecule has 2 nitrogen and oxygen atoms in total. The molecule has 2 rings (SSSR count). The van der Waals surface area contributed by atoms with E-state index < -0.39 is 0 Å². The van der Waals surface area contributed by atoms with E-state index in [9.17, 15) is 0 Å². The monoisotopic (exact) mass is 378 g/mol. The maximum absolute atomic E-state index is 4.12. The molecule has 2 heteroatoms. The lowest BCUT2D eigenvalue weighted by Gasteiger charge is -2.23. The molecule has 0 aliphatic heterocycles. The summed E-state index contributed by atoms with van der Waals surface area (Å²) in [5.41, 5.74) is 7.82. The highest BCUT2D eigenvalue weighted by Crippen LogP contribution is 2.34. The van der Waals surface area contributed by atoms with Crippen LogP contribution >= 0.6 is 0 Å². The predicted molar refractivity (Wildman–Crippen MR) is 126 cm³/mol. The second-order valence-electron chi connectivity index (χ2n) is 8.70. The smallest absolute Gasteiger partial charge is 0.0514 e. The first-order valence-corrected chi connectivity index (χ1v) is 10.6. The van der Waals surface area contributed by atoms with Crippen LogP contribution in [0.3, 0.4) is 0 Å². The van der Waals surface area contributed by atoms with Crippen molar-refractivity contribution in [2.75, 3.05) is 7.05 Å². The maximum Gasteiger partial charge on any atom is 0.0514 e. The number of nitrogens with one attached hydrogen (secondary N) is 1. The van der Waals surface area contributed by atoms with Crippen LogP contribution in [-0.4, -0.2) is 11.6 Å². The number of hydrogen-bond donors (Lipinski definition) is 1. The van der Waals surface area contributed by atoms with Gasteiger partial charge in [0.05, 0.1) is 5.52 Å². The Bertz CT molecular complexity index is 885. The Morgan fingerprint density at radius 2 is 1.89 bits per heavy atom. The SMILES string of the molecule is C=C(/C=C(\C=C(/CCCC)c1cc2cccc(CC)c2n1C)C(C)(C)C)NC. The van der Waals surface area contributed by atoms with E-state index in [0.29, 0.717) is 0 Å². The average molecular weight is 379 g/mol.